The molecule has 2 heterocycles. The topological polar surface area (TPSA) is 55.1 Å². The van der Waals surface area contributed by atoms with Crippen LogP contribution >= 0.6 is 11.8 Å². The van der Waals surface area contributed by atoms with Gasteiger partial charge in [0.1, 0.15) is 5.82 Å². The van der Waals surface area contributed by atoms with Crippen LogP contribution < -0.4 is 0 Å². The van der Waals surface area contributed by atoms with E-state index in [-0.39, 0.29) is 0 Å². The summed E-state index contributed by atoms with van der Waals surface area (Å²) in [5, 5.41) is 9.03. The second kappa shape index (κ2) is 4.89. The fourth-order valence-electron chi connectivity index (χ4n) is 2.74. The molecule has 0 amide bonds. The van der Waals surface area contributed by atoms with Gasteiger partial charge in [-0.05, 0) is 43.7 Å². The molecule has 19 heavy (non-hydrogen) atoms. The Balaban J connectivity index is 2.09. The maximum Gasteiger partial charge on any atom is 0.335 e. The Kier molecular flexibility index (Phi) is 3.22. The monoisotopic (exact) mass is 276 g/mol. The molecular formula is C14H16N2O2S. The van der Waals surface area contributed by atoms with E-state index in [1.807, 2.05) is 24.8 Å². The third kappa shape index (κ3) is 2.23. The molecule has 0 aliphatic carbocycles. The molecule has 4 nitrogen and oxygen atoms in total. The molecule has 1 saturated heterocycles. The zero-order valence-electron chi connectivity index (χ0n) is 10.8. The molecule has 1 fully saturated rings. The van der Waals surface area contributed by atoms with Crippen LogP contribution in [0.25, 0.3) is 11.0 Å². The average molecular weight is 276 g/mol. The number of imidazole rings is 1. The summed E-state index contributed by atoms with van der Waals surface area (Å²) in [4.78, 5) is 15.5. The van der Waals surface area contributed by atoms with Crippen molar-refractivity contribution in [1.82, 2.24) is 9.55 Å². The highest BCUT2D eigenvalue weighted by Crippen LogP contribution is 2.31. The third-order valence-corrected chi connectivity index (χ3v) is 4.81. The predicted octanol–water partition coefficient (Wildman–Crippen LogP) is 3.11. The van der Waals surface area contributed by atoms with Crippen LogP contribution in [0.3, 0.4) is 0 Å². The van der Waals surface area contributed by atoms with Gasteiger partial charge < -0.3 is 9.67 Å². The van der Waals surface area contributed by atoms with Crippen molar-refractivity contribution in [3.8, 4) is 0 Å². The van der Waals surface area contributed by atoms with Crippen molar-refractivity contribution in [2.24, 2.45) is 0 Å². The molecule has 1 aliphatic heterocycles. The largest absolute Gasteiger partial charge is 0.478 e. The van der Waals surface area contributed by atoms with E-state index in [2.05, 4.69) is 9.55 Å². The van der Waals surface area contributed by atoms with Crippen molar-refractivity contribution >= 4 is 28.8 Å². The summed E-state index contributed by atoms with van der Waals surface area (Å²) in [5.74, 6) is 2.44. The van der Waals surface area contributed by atoms with Crippen molar-refractivity contribution in [1.29, 1.82) is 0 Å². The maximum absolute atomic E-state index is 11.0. The lowest BCUT2D eigenvalue weighted by atomic mass is 10.1. The van der Waals surface area contributed by atoms with E-state index < -0.39 is 5.97 Å². The molecule has 0 radical (unpaired) electrons. The van der Waals surface area contributed by atoms with Crippen LogP contribution in [-0.2, 0) is 0 Å². The van der Waals surface area contributed by atoms with Gasteiger partial charge in [0, 0.05) is 11.8 Å². The Labute approximate surface area is 115 Å². The summed E-state index contributed by atoms with van der Waals surface area (Å²) in [7, 11) is 0. The van der Waals surface area contributed by atoms with Crippen LogP contribution in [0.15, 0.2) is 18.2 Å². The summed E-state index contributed by atoms with van der Waals surface area (Å²) < 4.78 is 2.27. The standard InChI is InChI=1S/C14H16N2O2S/c1-9-15-12-7-10(14(17)18)4-5-13(12)16(9)11-3-2-6-19-8-11/h4-5,7,11H,2-3,6,8H2,1H3,(H,17,18). The Hall–Kier alpha value is -1.49. The number of hydrogen-bond donors (Lipinski definition) is 1. The molecule has 100 valence electrons. The highest BCUT2D eigenvalue weighted by Gasteiger charge is 2.20. The van der Waals surface area contributed by atoms with E-state index in [1.165, 1.54) is 18.6 Å². The van der Waals surface area contributed by atoms with Crippen LogP contribution in [0, 0.1) is 6.92 Å². The van der Waals surface area contributed by atoms with Crippen molar-refractivity contribution in [3.05, 3.63) is 29.6 Å². The van der Waals surface area contributed by atoms with Gasteiger partial charge in [0.2, 0.25) is 0 Å². The van der Waals surface area contributed by atoms with Gasteiger partial charge in [-0.15, -0.1) is 0 Å². The summed E-state index contributed by atoms with van der Waals surface area (Å²) in [5.41, 5.74) is 2.14. The van der Waals surface area contributed by atoms with Crippen LogP contribution in [0.1, 0.15) is 35.1 Å². The Morgan fingerprint density at radius 3 is 3.05 bits per heavy atom. The number of carbonyl (C=O) groups is 1. The lowest BCUT2D eigenvalue weighted by molar-refractivity contribution is 0.0697. The summed E-state index contributed by atoms with van der Waals surface area (Å²) in [6.07, 6.45) is 2.42. The van der Waals surface area contributed by atoms with E-state index in [0.29, 0.717) is 11.6 Å². The minimum absolute atomic E-state index is 0.301. The number of benzene rings is 1. The van der Waals surface area contributed by atoms with Crippen molar-refractivity contribution < 1.29 is 9.90 Å². The molecule has 1 aromatic heterocycles. The maximum atomic E-state index is 11.0. The molecule has 2 aromatic rings. The molecular weight excluding hydrogens is 260 g/mol. The van der Waals surface area contributed by atoms with Gasteiger partial charge in [0.25, 0.3) is 0 Å². The first-order valence-corrected chi connectivity index (χ1v) is 7.62. The number of nitrogens with zero attached hydrogens (tertiary/aromatic N) is 2. The zero-order valence-corrected chi connectivity index (χ0v) is 11.6. The predicted molar refractivity (Wildman–Crippen MR) is 77.0 cm³/mol. The number of fused-ring (bicyclic) bond motifs is 1. The molecule has 1 aromatic carbocycles. The first-order valence-electron chi connectivity index (χ1n) is 6.46. The van der Waals surface area contributed by atoms with E-state index in [4.69, 9.17) is 5.11 Å². The summed E-state index contributed by atoms with van der Waals surface area (Å²) in [6.45, 7) is 2.00. The summed E-state index contributed by atoms with van der Waals surface area (Å²) >= 11 is 1.98. The number of rotatable bonds is 2. The molecule has 0 bridgehead atoms. The van der Waals surface area contributed by atoms with E-state index in [9.17, 15) is 4.79 Å². The van der Waals surface area contributed by atoms with Gasteiger partial charge in [-0.2, -0.15) is 11.8 Å². The molecule has 0 saturated carbocycles. The first-order chi connectivity index (χ1) is 9.16. The quantitative estimate of drug-likeness (QED) is 0.915. The fourth-order valence-corrected chi connectivity index (χ4v) is 3.87. The normalized spacial score (nSPS) is 19.7. The van der Waals surface area contributed by atoms with Gasteiger partial charge in [-0.25, -0.2) is 9.78 Å². The Morgan fingerprint density at radius 2 is 2.37 bits per heavy atom. The smallest absolute Gasteiger partial charge is 0.335 e. The zero-order chi connectivity index (χ0) is 13.4. The van der Waals surface area contributed by atoms with Crippen LogP contribution in [0.5, 0.6) is 0 Å². The van der Waals surface area contributed by atoms with Crippen LogP contribution in [0.2, 0.25) is 0 Å². The number of hydrogen-bond acceptors (Lipinski definition) is 3. The summed E-state index contributed by atoms with van der Waals surface area (Å²) in [6, 6.07) is 5.70. The number of aryl methyl sites for hydroxylation is 1. The van der Waals surface area contributed by atoms with Crippen LogP contribution in [-0.4, -0.2) is 32.1 Å². The third-order valence-electron chi connectivity index (χ3n) is 3.61. The highest BCUT2D eigenvalue weighted by molar-refractivity contribution is 7.99. The lowest BCUT2D eigenvalue weighted by Crippen LogP contribution is -2.17. The van der Waals surface area contributed by atoms with Gasteiger partial charge in [-0.3, -0.25) is 0 Å². The fraction of sp³-hybridized carbons (Fsp3) is 0.429. The second-order valence-electron chi connectivity index (χ2n) is 4.91. The molecule has 3 rings (SSSR count). The highest BCUT2D eigenvalue weighted by atomic mass is 32.2. The van der Waals surface area contributed by atoms with Gasteiger partial charge >= 0.3 is 5.97 Å². The Bertz CT molecular complexity index is 630. The minimum atomic E-state index is -0.901. The number of aromatic nitrogens is 2. The number of carboxylic acid groups (broad SMARTS) is 1. The second-order valence-corrected chi connectivity index (χ2v) is 6.06. The van der Waals surface area contributed by atoms with Crippen molar-refractivity contribution in [2.75, 3.05) is 11.5 Å². The number of thioether (sulfide) groups is 1. The van der Waals surface area contributed by atoms with E-state index in [1.54, 1.807) is 12.1 Å². The van der Waals surface area contributed by atoms with Crippen LogP contribution in [0.4, 0.5) is 0 Å². The van der Waals surface area contributed by atoms with Gasteiger partial charge in [0.15, 0.2) is 0 Å². The molecule has 1 N–H and O–H groups in total. The van der Waals surface area contributed by atoms with E-state index in [0.717, 1.165) is 22.6 Å². The molecule has 1 atom stereocenters. The van der Waals surface area contributed by atoms with Gasteiger partial charge in [-0.1, -0.05) is 0 Å². The number of carboxylic acids is 1. The van der Waals surface area contributed by atoms with Crippen molar-refractivity contribution in [3.63, 3.8) is 0 Å². The Morgan fingerprint density at radius 1 is 1.53 bits per heavy atom. The van der Waals surface area contributed by atoms with E-state index >= 15 is 0 Å². The SMILES string of the molecule is Cc1nc2cc(C(=O)O)ccc2n1C1CCCSC1. The van der Waals surface area contributed by atoms with Crippen molar-refractivity contribution in [2.45, 2.75) is 25.8 Å². The number of aromatic carboxylic acids is 1. The van der Waals surface area contributed by atoms with Gasteiger partial charge in [0.05, 0.1) is 16.6 Å². The lowest BCUT2D eigenvalue weighted by Gasteiger charge is -2.24. The minimum Gasteiger partial charge on any atom is -0.478 e. The molecule has 5 heteroatoms. The first kappa shape index (κ1) is 12.5. The molecule has 0 spiro atoms. The molecule has 1 unspecified atom stereocenters. The molecule has 1 aliphatic rings. The average Bonchev–Trinajstić information content (AvgIpc) is 2.74.